The molecule has 1 aliphatic rings. The van der Waals surface area contributed by atoms with Crippen molar-refractivity contribution in [3.63, 3.8) is 0 Å². The van der Waals surface area contributed by atoms with Crippen molar-refractivity contribution < 1.29 is 37.3 Å². The molecule has 0 aromatic heterocycles. The molecule has 1 aromatic carbocycles. The lowest BCUT2D eigenvalue weighted by molar-refractivity contribution is -0.172. The Bertz CT molecular complexity index is 708. The lowest BCUT2D eigenvalue weighted by Crippen LogP contribution is -2.36. The summed E-state index contributed by atoms with van der Waals surface area (Å²) in [7, 11) is -4.76. The van der Waals surface area contributed by atoms with Gasteiger partial charge in [-0.1, -0.05) is 0 Å². The lowest BCUT2D eigenvalue weighted by atomic mass is 10.2. The molecular formula is C11H9NO8S. The zero-order valence-electron chi connectivity index (χ0n) is 10.3. The normalized spacial score (nSPS) is 18.9. The maximum absolute atomic E-state index is 11.7. The van der Waals surface area contributed by atoms with E-state index in [1.54, 1.807) is 0 Å². The van der Waals surface area contributed by atoms with Crippen molar-refractivity contribution in [1.82, 2.24) is 5.06 Å². The molecule has 0 unspecified atom stereocenters. The number of rotatable bonds is 3. The van der Waals surface area contributed by atoms with Crippen LogP contribution in [0.4, 0.5) is 0 Å². The molecule has 0 spiro atoms. The predicted octanol–water partition coefficient (Wildman–Crippen LogP) is -0.521. The Hall–Kier alpha value is -2.46. The summed E-state index contributed by atoms with van der Waals surface area (Å²) in [5, 5.41) is 7.10. The Morgan fingerprint density at radius 3 is 2.29 bits per heavy atom. The fourth-order valence-electron chi connectivity index (χ4n) is 1.64. The second-order valence-corrected chi connectivity index (χ2v) is 5.76. The third kappa shape index (κ3) is 3.01. The Kier molecular flexibility index (Phi) is 3.66. The van der Waals surface area contributed by atoms with Gasteiger partial charge in [0, 0.05) is 0 Å². The van der Waals surface area contributed by atoms with Gasteiger partial charge in [-0.15, -0.1) is 5.06 Å². The Morgan fingerprint density at radius 2 is 1.81 bits per heavy atom. The molecule has 2 amide bonds. The fraction of sp³-hybridized carbons (Fsp3) is 0.182. The second kappa shape index (κ2) is 5.14. The smallest absolute Gasteiger partial charge is 0.363 e. The summed E-state index contributed by atoms with van der Waals surface area (Å²) in [4.78, 5) is 39.3. The predicted molar refractivity (Wildman–Crippen MR) is 65.3 cm³/mol. The van der Waals surface area contributed by atoms with E-state index in [4.69, 9.17) is 9.66 Å². The number of carbonyl (C=O) groups is 3. The average Bonchev–Trinajstić information content (AvgIpc) is 2.67. The van der Waals surface area contributed by atoms with E-state index in [9.17, 15) is 22.8 Å². The van der Waals surface area contributed by atoms with Crippen molar-refractivity contribution in [2.45, 2.75) is 11.7 Å². The Labute approximate surface area is 118 Å². The number of benzene rings is 1. The molecule has 2 rings (SSSR count). The van der Waals surface area contributed by atoms with Crippen LogP contribution in [0.25, 0.3) is 0 Å². The standard InChI is InChI=1S/C11H9NO8S/c13-7-3-1-6(2-4-7)11(16)20-12-9(14)5-8(10(12)15)21(17,18)19/h1-4,8,13H,5H2,(H,17,18,19)/t8-/m0/s1. The number of phenolic OH excluding ortho intramolecular Hbond substituents is 1. The van der Waals surface area contributed by atoms with Crippen molar-refractivity contribution >= 4 is 27.9 Å². The second-order valence-electron chi connectivity index (χ2n) is 4.16. The summed E-state index contributed by atoms with van der Waals surface area (Å²) < 4.78 is 30.6. The molecule has 112 valence electrons. The van der Waals surface area contributed by atoms with Gasteiger partial charge in [0.1, 0.15) is 5.75 Å². The van der Waals surface area contributed by atoms with Crippen LogP contribution in [-0.4, -0.2) is 46.2 Å². The zero-order valence-corrected chi connectivity index (χ0v) is 11.1. The minimum atomic E-state index is -4.76. The molecule has 1 heterocycles. The van der Waals surface area contributed by atoms with Gasteiger partial charge in [0.15, 0.2) is 5.25 Å². The van der Waals surface area contributed by atoms with Gasteiger partial charge in [0.25, 0.3) is 21.9 Å². The largest absolute Gasteiger partial charge is 0.508 e. The fourth-order valence-corrected chi connectivity index (χ4v) is 2.35. The topological polar surface area (TPSA) is 138 Å². The zero-order chi connectivity index (χ0) is 15.8. The first-order valence-electron chi connectivity index (χ1n) is 5.54. The van der Waals surface area contributed by atoms with Crippen molar-refractivity contribution in [1.29, 1.82) is 0 Å². The summed E-state index contributed by atoms with van der Waals surface area (Å²) in [5.41, 5.74) is -0.0660. The summed E-state index contributed by atoms with van der Waals surface area (Å²) >= 11 is 0. The van der Waals surface area contributed by atoms with E-state index < -0.39 is 39.6 Å². The Morgan fingerprint density at radius 1 is 1.24 bits per heavy atom. The molecule has 0 radical (unpaired) electrons. The van der Waals surface area contributed by atoms with Gasteiger partial charge >= 0.3 is 5.97 Å². The third-order valence-electron chi connectivity index (χ3n) is 2.70. The number of phenols is 1. The number of hydrogen-bond donors (Lipinski definition) is 2. The number of hydrogen-bond acceptors (Lipinski definition) is 7. The van der Waals surface area contributed by atoms with Crippen LogP contribution in [0.5, 0.6) is 5.75 Å². The van der Waals surface area contributed by atoms with Crippen LogP contribution in [0.15, 0.2) is 24.3 Å². The highest BCUT2D eigenvalue weighted by Gasteiger charge is 2.48. The quantitative estimate of drug-likeness (QED) is 0.561. The number of nitrogens with zero attached hydrogens (tertiary/aromatic N) is 1. The number of imide groups is 1. The van der Waals surface area contributed by atoms with Gasteiger partial charge in [-0.2, -0.15) is 8.42 Å². The molecule has 1 aromatic rings. The minimum absolute atomic E-state index is 0.00757. The highest BCUT2D eigenvalue weighted by molar-refractivity contribution is 7.87. The van der Waals surface area contributed by atoms with Crippen LogP contribution >= 0.6 is 0 Å². The van der Waals surface area contributed by atoms with Crippen LogP contribution in [0.1, 0.15) is 16.8 Å². The summed E-state index contributed by atoms with van der Waals surface area (Å²) in [6, 6.07) is 4.74. The van der Waals surface area contributed by atoms with Gasteiger partial charge in [0.2, 0.25) is 0 Å². The van der Waals surface area contributed by atoms with E-state index in [1.807, 2.05) is 0 Å². The molecule has 0 aliphatic carbocycles. The SMILES string of the molecule is O=C(ON1C(=O)C[C@H](S(=O)(=O)O)C1=O)c1ccc(O)cc1. The minimum Gasteiger partial charge on any atom is -0.508 e. The first-order valence-corrected chi connectivity index (χ1v) is 7.05. The first kappa shape index (κ1) is 14.9. The van der Waals surface area contributed by atoms with Gasteiger partial charge in [-0.25, -0.2) is 4.79 Å². The van der Waals surface area contributed by atoms with Crippen LogP contribution in [0.3, 0.4) is 0 Å². The van der Waals surface area contributed by atoms with Crippen molar-refractivity contribution in [2.75, 3.05) is 0 Å². The molecule has 21 heavy (non-hydrogen) atoms. The summed E-state index contributed by atoms with van der Waals surface area (Å²) in [5.74, 6) is -3.59. The highest BCUT2D eigenvalue weighted by atomic mass is 32.2. The number of carbonyl (C=O) groups excluding carboxylic acids is 3. The van der Waals surface area contributed by atoms with E-state index in [2.05, 4.69) is 4.84 Å². The van der Waals surface area contributed by atoms with E-state index >= 15 is 0 Å². The molecule has 9 nitrogen and oxygen atoms in total. The maximum Gasteiger partial charge on any atom is 0.363 e. The molecule has 1 aliphatic heterocycles. The average molecular weight is 315 g/mol. The molecule has 0 saturated carbocycles. The van der Waals surface area contributed by atoms with Crippen LogP contribution < -0.4 is 0 Å². The van der Waals surface area contributed by atoms with Crippen LogP contribution in [0.2, 0.25) is 0 Å². The Balaban J connectivity index is 2.16. The molecular weight excluding hydrogens is 306 g/mol. The summed E-state index contributed by atoms with van der Waals surface area (Å²) in [6.45, 7) is 0. The molecule has 2 N–H and O–H groups in total. The lowest BCUT2D eigenvalue weighted by Gasteiger charge is -2.13. The van der Waals surface area contributed by atoms with E-state index in [0.29, 0.717) is 0 Å². The summed E-state index contributed by atoms with van der Waals surface area (Å²) in [6.07, 6.45) is -0.805. The number of amides is 2. The number of aromatic hydroxyl groups is 1. The maximum atomic E-state index is 11.7. The molecule has 0 bridgehead atoms. The van der Waals surface area contributed by atoms with Crippen molar-refractivity contribution in [3.05, 3.63) is 29.8 Å². The van der Waals surface area contributed by atoms with Crippen LogP contribution in [0, 0.1) is 0 Å². The monoisotopic (exact) mass is 315 g/mol. The number of hydroxylamine groups is 2. The molecule has 1 fully saturated rings. The van der Waals surface area contributed by atoms with Gasteiger partial charge < -0.3 is 9.94 Å². The van der Waals surface area contributed by atoms with Crippen molar-refractivity contribution in [2.24, 2.45) is 0 Å². The first-order chi connectivity index (χ1) is 9.70. The van der Waals surface area contributed by atoms with Gasteiger partial charge in [-0.05, 0) is 24.3 Å². The van der Waals surface area contributed by atoms with Crippen molar-refractivity contribution in [3.8, 4) is 5.75 Å². The van der Waals surface area contributed by atoms with E-state index in [-0.39, 0.29) is 16.4 Å². The van der Waals surface area contributed by atoms with Gasteiger partial charge in [0.05, 0.1) is 12.0 Å². The molecule has 10 heteroatoms. The van der Waals surface area contributed by atoms with Gasteiger partial charge in [-0.3, -0.25) is 14.1 Å². The van der Waals surface area contributed by atoms with E-state index in [1.165, 1.54) is 24.3 Å². The van der Waals surface area contributed by atoms with Crippen LogP contribution in [-0.2, 0) is 24.5 Å². The highest BCUT2D eigenvalue weighted by Crippen LogP contribution is 2.21. The molecule has 1 atom stereocenters. The van der Waals surface area contributed by atoms with E-state index in [0.717, 1.165) is 0 Å². The molecule has 1 saturated heterocycles. The third-order valence-corrected chi connectivity index (χ3v) is 3.79.